The average Bonchev–Trinajstić information content (AvgIpc) is 2.88. The number of aryl methyl sites for hydroxylation is 1. The lowest BCUT2D eigenvalue weighted by Gasteiger charge is -2.10. The second-order valence-electron chi connectivity index (χ2n) is 4.12. The molecule has 0 spiro atoms. The van der Waals surface area contributed by atoms with Gasteiger partial charge >= 0.3 is 0 Å². The summed E-state index contributed by atoms with van der Waals surface area (Å²) in [5.41, 5.74) is 4.37. The van der Waals surface area contributed by atoms with Crippen LogP contribution >= 0.6 is 0 Å². The first-order valence-electron chi connectivity index (χ1n) is 5.74. The van der Waals surface area contributed by atoms with Gasteiger partial charge in [-0.3, -0.25) is 10.7 Å². The smallest absolute Gasteiger partial charge is 0.158 e. The zero-order valence-electron chi connectivity index (χ0n) is 10.2. The van der Waals surface area contributed by atoms with E-state index < -0.39 is 0 Å². The quantitative estimate of drug-likeness (QED) is 0.705. The van der Waals surface area contributed by atoms with E-state index in [9.17, 15) is 0 Å². The molecule has 6 heteroatoms. The number of aromatic nitrogens is 3. The molecule has 1 aromatic carbocycles. The molecule has 0 saturated carbocycles. The molecule has 0 unspecified atom stereocenters. The van der Waals surface area contributed by atoms with Crippen molar-refractivity contribution in [2.45, 2.75) is 6.92 Å². The standard InChI is InChI=1S/C13H12N4O2/c1-9-6-10(16-18)2-3-12(9)19-11-4-5-17-13(7-11)14-8-15-17/h2-8,16,18H,1H3. The Morgan fingerprint density at radius 1 is 1.26 bits per heavy atom. The fraction of sp³-hybridized carbons (Fsp3) is 0.0769. The van der Waals surface area contributed by atoms with Crippen LogP contribution in [-0.2, 0) is 0 Å². The molecule has 0 aliphatic carbocycles. The van der Waals surface area contributed by atoms with Gasteiger partial charge in [0, 0.05) is 12.3 Å². The Morgan fingerprint density at radius 3 is 2.95 bits per heavy atom. The van der Waals surface area contributed by atoms with Gasteiger partial charge in [0.25, 0.3) is 0 Å². The largest absolute Gasteiger partial charge is 0.457 e. The van der Waals surface area contributed by atoms with Gasteiger partial charge in [-0.2, -0.15) is 5.10 Å². The van der Waals surface area contributed by atoms with Crippen LogP contribution in [0.5, 0.6) is 11.5 Å². The third kappa shape index (κ3) is 2.21. The van der Waals surface area contributed by atoms with E-state index in [-0.39, 0.29) is 0 Å². The number of rotatable bonds is 3. The Kier molecular flexibility index (Phi) is 2.77. The molecule has 2 N–H and O–H groups in total. The number of anilines is 1. The Morgan fingerprint density at radius 2 is 2.16 bits per heavy atom. The van der Waals surface area contributed by atoms with E-state index in [1.807, 2.05) is 19.1 Å². The van der Waals surface area contributed by atoms with Gasteiger partial charge in [-0.1, -0.05) is 0 Å². The van der Waals surface area contributed by atoms with Crippen LogP contribution in [0.25, 0.3) is 5.65 Å². The lowest BCUT2D eigenvalue weighted by molar-refractivity contribution is 0.388. The maximum absolute atomic E-state index is 8.83. The van der Waals surface area contributed by atoms with Crippen molar-refractivity contribution in [2.24, 2.45) is 0 Å². The molecule has 0 bridgehead atoms. The highest BCUT2D eigenvalue weighted by Crippen LogP contribution is 2.27. The maximum atomic E-state index is 8.83. The van der Waals surface area contributed by atoms with Crippen LogP contribution in [0, 0.1) is 6.92 Å². The van der Waals surface area contributed by atoms with Gasteiger partial charge in [0.15, 0.2) is 5.65 Å². The zero-order valence-corrected chi connectivity index (χ0v) is 10.2. The van der Waals surface area contributed by atoms with E-state index in [1.165, 1.54) is 6.33 Å². The minimum atomic E-state index is 0.623. The summed E-state index contributed by atoms with van der Waals surface area (Å²) in [4.78, 5) is 4.10. The number of hydrogen-bond acceptors (Lipinski definition) is 5. The summed E-state index contributed by atoms with van der Waals surface area (Å²) in [5, 5.41) is 12.8. The number of nitrogens with zero attached hydrogens (tertiary/aromatic N) is 3. The summed E-state index contributed by atoms with van der Waals surface area (Å²) in [7, 11) is 0. The first-order valence-corrected chi connectivity index (χ1v) is 5.74. The number of hydrogen-bond donors (Lipinski definition) is 2. The minimum Gasteiger partial charge on any atom is -0.457 e. The molecule has 0 aliphatic rings. The van der Waals surface area contributed by atoms with Crippen molar-refractivity contribution in [2.75, 3.05) is 5.48 Å². The Bertz CT molecular complexity index is 723. The van der Waals surface area contributed by atoms with Crippen LogP contribution in [-0.4, -0.2) is 19.8 Å². The van der Waals surface area contributed by atoms with Gasteiger partial charge in [-0.25, -0.2) is 9.50 Å². The molecule has 3 aromatic rings. The van der Waals surface area contributed by atoms with Crippen molar-refractivity contribution < 1.29 is 9.94 Å². The van der Waals surface area contributed by atoms with Crippen molar-refractivity contribution >= 4 is 11.3 Å². The second-order valence-corrected chi connectivity index (χ2v) is 4.12. The monoisotopic (exact) mass is 256 g/mol. The predicted molar refractivity (Wildman–Crippen MR) is 69.6 cm³/mol. The molecule has 3 rings (SSSR count). The molecule has 2 aromatic heterocycles. The van der Waals surface area contributed by atoms with Gasteiger partial charge in [-0.05, 0) is 36.8 Å². The number of nitrogens with one attached hydrogen (secondary N) is 1. The Hall–Kier alpha value is -2.60. The predicted octanol–water partition coefficient (Wildman–Crippen LogP) is 2.63. The number of fused-ring (bicyclic) bond motifs is 1. The van der Waals surface area contributed by atoms with E-state index in [2.05, 4.69) is 15.6 Å². The van der Waals surface area contributed by atoms with Crippen molar-refractivity contribution in [1.82, 2.24) is 14.6 Å². The van der Waals surface area contributed by atoms with Crippen molar-refractivity contribution in [3.05, 3.63) is 48.4 Å². The highest BCUT2D eigenvalue weighted by molar-refractivity contribution is 5.51. The molecule has 19 heavy (non-hydrogen) atoms. The van der Waals surface area contributed by atoms with E-state index >= 15 is 0 Å². The fourth-order valence-corrected chi connectivity index (χ4v) is 1.82. The van der Waals surface area contributed by atoms with Crippen LogP contribution < -0.4 is 10.2 Å². The normalized spacial score (nSPS) is 10.6. The summed E-state index contributed by atoms with van der Waals surface area (Å²) in [5.74, 6) is 1.41. The summed E-state index contributed by atoms with van der Waals surface area (Å²) in [6.07, 6.45) is 3.28. The summed E-state index contributed by atoms with van der Waals surface area (Å²) >= 11 is 0. The fourth-order valence-electron chi connectivity index (χ4n) is 1.82. The summed E-state index contributed by atoms with van der Waals surface area (Å²) < 4.78 is 7.46. The van der Waals surface area contributed by atoms with Crippen LogP contribution in [0.15, 0.2) is 42.9 Å². The molecule has 0 saturated heterocycles. The number of benzene rings is 1. The third-order valence-corrected chi connectivity index (χ3v) is 2.78. The van der Waals surface area contributed by atoms with Crippen LogP contribution in [0.2, 0.25) is 0 Å². The second kappa shape index (κ2) is 4.58. The highest BCUT2D eigenvalue weighted by atomic mass is 16.5. The van der Waals surface area contributed by atoms with Crippen molar-refractivity contribution in [3.63, 3.8) is 0 Å². The van der Waals surface area contributed by atoms with Crippen LogP contribution in [0.4, 0.5) is 5.69 Å². The van der Waals surface area contributed by atoms with Gasteiger partial charge in [0.1, 0.15) is 17.8 Å². The minimum absolute atomic E-state index is 0.623. The Balaban J connectivity index is 1.91. The summed E-state index contributed by atoms with van der Waals surface area (Å²) in [6.45, 7) is 1.91. The van der Waals surface area contributed by atoms with Crippen LogP contribution in [0.1, 0.15) is 5.56 Å². The molecule has 96 valence electrons. The molecular weight excluding hydrogens is 244 g/mol. The molecule has 2 heterocycles. The molecule has 0 atom stereocenters. The van der Waals surface area contributed by atoms with Gasteiger partial charge in [0.2, 0.25) is 0 Å². The molecule has 0 fully saturated rings. The first-order chi connectivity index (χ1) is 9.26. The molecular formula is C13H12N4O2. The van der Waals surface area contributed by atoms with Gasteiger partial charge in [-0.15, -0.1) is 0 Å². The SMILES string of the molecule is Cc1cc(NO)ccc1Oc1ccn2ncnc2c1. The topological polar surface area (TPSA) is 71.7 Å². The molecule has 0 radical (unpaired) electrons. The van der Waals surface area contributed by atoms with Gasteiger partial charge in [0.05, 0.1) is 5.69 Å². The number of pyridine rings is 1. The van der Waals surface area contributed by atoms with Crippen LogP contribution in [0.3, 0.4) is 0 Å². The van der Waals surface area contributed by atoms with E-state index in [4.69, 9.17) is 9.94 Å². The summed E-state index contributed by atoms with van der Waals surface area (Å²) in [6, 6.07) is 8.95. The lowest BCUT2D eigenvalue weighted by Crippen LogP contribution is -1.93. The van der Waals surface area contributed by atoms with Gasteiger partial charge < -0.3 is 4.74 Å². The highest BCUT2D eigenvalue weighted by Gasteiger charge is 2.04. The zero-order chi connectivity index (χ0) is 13.2. The molecule has 0 amide bonds. The lowest BCUT2D eigenvalue weighted by atomic mass is 10.2. The van der Waals surface area contributed by atoms with Crippen molar-refractivity contribution in [1.29, 1.82) is 0 Å². The van der Waals surface area contributed by atoms with Crippen molar-refractivity contribution in [3.8, 4) is 11.5 Å². The third-order valence-electron chi connectivity index (χ3n) is 2.78. The molecule has 0 aliphatic heterocycles. The van der Waals surface area contributed by atoms with E-state index in [0.717, 1.165) is 17.0 Å². The number of ether oxygens (including phenoxy) is 1. The first kappa shape index (κ1) is 11.5. The van der Waals surface area contributed by atoms with E-state index in [1.54, 1.807) is 28.9 Å². The molecule has 6 nitrogen and oxygen atoms in total. The van der Waals surface area contributed by atoms with E-state index in [0.29, 0.717) is 11.4 Å². The average molecular weight is 256 g/mol. The maximum Gasteiger partial charge on any atom is 0.158 e. The Labute approximate surface area is 109 Å².